The summed E-state index contributed by atoms with van der Waals surface area (Å²) in [6, 6.07) is 0.709. The maximum Gasteiger partial charge on any atom is 0.114 e. The van der Waals surface area contributed by atoms with E-state index in [4.69, 9.17) is 0 Å². The van der Waals surface area contributed by atoms with Crippen molar-refractivity contribution in [3.63, 3.8) is 0 Å². The van der Waals surface area contributed by atoms with E-state index in [0.29, 0.717) is 12.1 Å². The molecule has 0 bridgehead atoms. The van der Waals surface area contributed by atoms with E-state index in [-0.39, 0.29) is 5.92 Å². The molecule has 0 amide bonds. The Balaban J connectivity index is 2.68. The quantitative estimate of drug-likeness (QED) is 0.720. The third-order valence-corrected chi connectivity index (χ3v) is 3.30. The van der Waals surface area contributed by atoms with Gasteiger partial charge in [-0.15, -0.1) is 0 Å². The van der Waals surface area contributed by atoms with Gasteiger partial charge in [-0.2, -0.15) is 0 Å². The summed E-state index contributed by atoms with van der Waals surface area (Å²) in [6.07, 6.45) is 6.79. The average Bonchev–Trinajstić information content (AvgIpc) is 2.28. The lowest BCUT2D eigenvalue weighted by Crippen LogP contribution is -2.48. The van der Waals surface area contributed by atoms with Crippen molar-refractivity contribution in [2.45, 2.75) is 52.4 Å². The third-order valence-electron chi connectivity index (χ3n) is 3.30. The van der Waals surface area contributed by atoms with Crippen molar-refractivity contribution < 1.29 is 5.11 Å². The van der Waals surface area contributed by atoms with Crippen LogP contribution in [0.5, 0.6) is 0 Å². The molecule has 2 unspecified atom stereocenters. The number of aliphatic hydroxyl groups is 1. The van der Waals surface area contributed by atoms with E-state index >= 15 is 0 Å². The Bertz CT molecular complexity index is 287. The molecular weight excluding hydrogens is 212 g/mol. The van der Waals surface area contributed by atoms with Crippen molar-refractivity contribution in [1.82, 2.24) is 10.2 Å². The van der Waals surface area contributed by atoms with Gasteiger partial charge in [0.2, 0.25) is 0 Å². The molecule has 0 aliphatic heterocycles. The van der Waals surface area contributed by atoms with Crippen molar-refractivity contribution in [2.24, 2.45) is 5.92 Å². The number of nitrogens with zero attached hydrogens (tertiary/aromatic N) is 1. The Morgan fingerprint density at radius 3 is 2.24 bits per heavy atom. The van der Waals surface area contributed by atoms with Crippen LogP contribution in [-0.2, 0) is 0 Å². The molecule has 0 aromatic rings. The van der Waals surface area contributed by atoms with Gasteiger partial charge in [-0.05, 0) is 40.2 Å². The Morgan fingerprint density at radius 2 is 1.88 bits per heavy atom. The van der Waals surface area contributed by atoms with Gasteiger partial charge in [-0.3, -0.25) is 4.90 Å². The van der Waals surface area contributed by atoms with E-state index in [1.165, 1.54) is 0 Å². The van der Waals surface area contributed by atoms with Crippen molar-refractivity contribution in [3.8, 4) is 0 Å². The number of nitrogens with one attached hydrogen (secondary N) is 1. The zero-order valence-corrected chi connectivity index (χ0v) is 11.6. The maximum atomic E-state index is 10.5. The predicted molar refractivity (Wildman–Crippen MR) is 72.5 cm³/mol. The van der Waals surface area contributed by atoms with E-state index in [0.717, 1.165) is 12.1 Å². The molecule has 0 saturated heterocycles. The van der Waals surface area contributed by atoms with Gasteiger partial charge in [0.25, 0.3) is 0 Å². The van der Waals surface area contributed by atoms with E-state index in [2.05, 4.69) is 56.1 Å². The van der Waals surface area contributed by atoms with Crippen LogP contribution in [0.25, 0.3) is 0 Å². The van der Waals surface area contributed by atoms with Gasteiger partial charge in [0.1, 0.15) is 6.23 Å². The standard InChI is InChI=1S/C14H26N2O/c1-10(2)16(11(3)4)14(17)12-6-8-13(15-5)9-7-12/h6,8-12,14-15,17H,7H2,1-5H3. The molecular formula is C14H26N2O. The van der Waals surface area contributed by atoms with Crippen LogP contribution in [0.3, 0.4) is 0 Å². The second-order valence-electron chi connectivity index (χ2n) is 5.22. The first-order valence-corrected chi connectivity index (χ1v) is 6.49. The van der Waals surface area contributed by atoms with Gasteiger partial charge in [-0.1, -0.05) is 12.2 Å². The highest BCUT2D eigenvalue weighted by molar-refractivity contribution is 5.22. The lowest BCUT2D eigenvalue weighted by molar-refractivity contribution is -0.0620. The summed E-state index contributed by atoms with van der Waals surface area (Å²) in [7, 11) is 1.92. The number of hydrogen-bond donors (Lipinski definition) is 2. The van der Waals surface area contributed by atoms with E-state index in [1.54, 1.807) is 0 Å². The minimum atomic E-state index is -0.402. The fourth-order valence-corrected chi connectivity index (χ4v) is 2.47. The predicted octanol–water partition coefficient (Wildman–Crippen LogP) is 2.10. The van der Waals surface area contributed by atoms with Crippen molar-refractivity contribution in [2.75, 3.05) is 7.05 Å². The highest BCUT2D eigenvalue weighted by Crippen LogP contribution is 2.23. The normalized spacial score (nSPS) is 22.2. The first-order valence-electron chi connectivity index (χ1n) is 6.49. The molecule has 98 valence electrons. The molecule has 0 saturated carbocycles. The van der Waals surface area contributed by atoms with Crippen molar-refractivity contribution in [1.29, 1.82) is 0 Å². The molecule has 2 atom stereocenters. The van der Waals surface area contributed by atoms with Gasteiger partial charge in [0.15, 0.2) is 0 Å². The number of rotatable bonds is 5. The average molecular weight is 238 g/mol. The van der Waals surface area contributed by atoms with Crippen molar-refractivity contribution in [3.05, 3.63) is 23.9 Å². The molecule has 1 rings (SSSR count). The molecule has 0 fully saturated rings. The molecule has 0 radical (unpaired) electrons. The summed E-state index contributed by atoms with van der Waals surface area (Å²) >= 11 is 0. The van der Waals surface area contributed by atoms with Crippen LogP contribution in [0, 0.1) is 5.92 Å². The smallest absolute Gasteiger partial charge is 0.114 e. The summed E-state index contributed by atoms with van der Waals surface area (Å²) in [5, 5.41) is 13.6. The first kappa shape index (κ1) is 14.3. The van der Waals surface area contributed by atoms with Crippen molar-refractivity contribution >= 4 is 0 Å². The van der Waals surface area contributed by atoms with Crippen LogP contribution in [0.4, 0.5) is 0 Å². The molecule has 0 spiro atoms. The Hall–Kier alpha value is -0.800. The van der Waals surface area contributed by atoms with Crippen LogP contribution >= 0.6 is 0 Å². The summed E-state index contributed by atoms with van der Waals surface area (Å²) in [6.45, 7) is 8.52. The Labute approximate surface area is 105 Å². The second kappa shape index (κ2) is 6.22. The number of likely N-dealkylation sites (N-methyl/N-ethyl adjacent to an activating group) is 1. The number of aliphatic hydroxyl groups excluding tert-OH is 1. The fraction of sp³-hybridized carbons (Fsp3) is 0.714. The molecule has 17 heavy (non-hydrogen) atoms. The number of allylic oxidation sites excluding steroid dienone is 2. The molecule has 0 aromatic carbocycles. The lowest BCUT2D eigenvalue weighted by atomic mass is 9.95. The molecule has 0 heterocycles. The molecule has 3 heteroatoms. The lowest BCUT2D eigenvalue weighted by Gasteiger charge is -2.38. The zero-order valence-electron chi connectivity index (χ0n) is 11.6. The number of hydrogen-bond acceptors (Lipinski definition) is 3. The molecule has 3 nitrogen and oxygen atoms in total. The van der Waals surface area contributed by atoms with Gasteiger partial charge in [0, 0.05) is 30.7 Å². The minimum absolute atomic E-state index is 0.192. The van der Waals surface area contributed by atoms with E-state index in [9.17, 15) is 5.11 Å². The summed E-state index contributed by atoms with van der Waals surface area (Å²) in [5.74, 6) is 0.192. The molecule has 1 aliphatic carbocycles. The van der Waals surface area contributed by atoms with E-state index in [1.807, 2.05) is 7.05 Å². The van der Waals surface area contributed by atoms with Gasteiger partial charge in [-0.25, -0.2) is 0 Å². The first-order chi connectivity index (χ1) is 7.97. The zero-order chi connectivity index (χ0) is 13.0. The van der Waals surface area contributed by atoms with Gasteiger partial charge in [0.05, 0.1) is 0 Å². The highest BCUT2D eigenvalue weighted by atomic mass is 16.3. The van der Waals surface area contributed by atoms with Crippen LogP contribution < -0.4 is 5.32 Å². The van der Waals surface area contributed by atoms with Crippen LogP contribution in [0.2, 0.25) is 0 Å². The van der Waals surface area contributed by atoms with Crippen LogP contribution in [0.1, 0.15) is 34.1 Å². The second-order valence-corrected chi connectivity index (χ2v) is 5.22. The summed E-state index contributed by atoms with van der Waals surface area (Å²) in [4.78, 5) is 2.16. The highest BCUT2D eigenvalue weighted by Gasteiger charge is 2.28. The van der Waals surface area contributed by atoms with Crippen LogP contribution in [0.15, 0.2) is 23.9 Å². The summed E-state index contributed by atoms with van der Waals surface area (Å²) < 4.78 is 0. The largest absolute Gasteiger partial charge is 0.388 e. The molecule has 1 aliphatic rings. The fourth-order valence-electron chi connectivity index (χ4n) is 2.47. The van der Waals surface area contributed by atoms with E-state index < -0.39 is 6.23 Å². The van der Waals surface area contributed by atoms with Crippen LogP contribution in [-0.4, -0.2) is 35.4 Å². The Morgan fingerprint density at radius 1 is 1.29 bits per heavy atom. The summed E-state index contributed by atoms with van der Waals surface area (Å²) in [5.41, 5.74) is 1.13. The van der Waals surface area contributed by atoms with Gasteiger partial charge < -0.3 is 10.4 Å². The Kier molecular flexibility index (Phi) is 5.22. The monoisotopic (exact) mass is 238 g/mol. The topological polar surface area (TPSA) is 35.5 Å². The molecule has 2 N–H and O–H groups in total. The molecule has 0 aromatic heterocycles. The maximum absolute atomic E-state index is 10.5. The van der Waals surface area contributed by atoms with Gasteiger partial charge >= 0.3 is 0 Å². The minimum Gasteiger partial charge on any atom is -0.388 e. The SMILES string of the molecule is CNC1=CCC(C(O)N(C(C)C)C(C)C)C=C1. The third kappa shape index (κ3) is 3.58.